The number of carbonyl (C=O) groups excluding carboxylic acids is 1. The zero-order valence-electron chi connectivity index (χ0n) is 14.4. The van der Waals surface area contributed by atoms with E-state index in [4.69, 9.17) is 4.98 Å². The van der Waals surface area contributed by atoms with Crippen LogP contribution in [0.5, 0.6) is 0 Å². The molecule has 0 aliphatic heterocycles. The molecule has 0 aliphatic carbocycles. The average molecular weight is 358 g/mol. The molecule has 0 saturated carbocycles. The van der Waals surface area contributed by atoms with Crippen LogP contribution in [-0.2, 0) is 6.54 Å². The highest BCUT2D eigenvalue weighted by atomic mass is 32.1. The lowest BCUT2D eigenvalue weighted by Gasteiger charge is -2.11. The van der Waals surface area contributed by atoms with Crippen LogP contribution in [0.1, 0.15) is 21.5 Å². The van der Waals surface area contributed by atoms with Crippen LogP contribution in [0, 0.1) is 6.92 Å². The summed E-state index contributed by atoms with van der Waals surface area (Å²) in [5.41, 5.74) is 4.53. The number of fused-ring (bicyclic) bond motifs is 1. The van der Waals surface area contributed by atoms with Crippen molar-refractivity contribution < 1.29 is 4.79 Å². The van der Waals surface area contributed by atoms with Crippen molar-refractivity contribution in [2.75, 3.05) is 0 Å². The van der Waals surface area contributed by atoms with Crippen LogP contribution in [0.2, 0.25) is 0 Å². The Kier molecular flexibility index (Phi) is 4.50. The van der Waals surface area contributed by atoms with Gasteiger partial charge in [-0.1, -0.05) is 48.0 Å². The van der Waals surface area contributed by atoms with Gasteiger partial charge in [0.15, 0.2) is 0 Å². The number of nitrogens with one attached hydrogen (secondary N) is 1. The molecule has 1 amide bonds. The van der Waals surface area contributed by atoms with Gasteiger partial charge in [0.2, 0.25) is 0 Å². The number of nitrogens with zero attached hydrogens (tertiary/aromatic N) is 1. The Morgan fingerprint density at radius 3 is 2.65 bits per heavy atom. The Bertz CT molecular complexity index is 1060. The smallest absolute Gasteiger partial charge is 0.252 e. The lowest BCUT2D eigenvalue weighted by Crippen LogP contribution is -2.23. The molecule has 2 aromatic carbocycles. The van der Waals surface area contributed by atoms with Gasteiger partial charge in [-0.2, -0.15) is 0 Å². The van der Waals surface area contributed by atoms with Gasteiger partial charge in [0.25, 0.3) is 5.91 Å². The summed E-state index contributed by atoms with van der Waals surface area (Å²) in [6, 6.07) is 21.9. The molecule has 0 unspecified atom stereocenters. The maximum Gasteiger partial charge on any atom is 0.252 e. The first-order valence-corrected chi connectivity index (χ1v) is 9.36. The van der Waals surface area contributed by atoms with Crippen LogP contribution in [0.3, 0.4) is 0 Å². The van der Waals surface area contributed by atoms with Gasteiger partial charge in [-0.05, 0) is 42.1 Å². The lowest BCUT2D eigenvalue weighted by molar-refractivity contribution is 0.0952. The first kappa shape index (κ1) is 16.5. The fourth-order valence-corrected chi connectivity index (χ4v) is 3.64. The van der Waals surface area contributed by atoms with Crippen LogP contribution >= 0.6 is 11.3 Å². The molecule has 2 heterocycles. The first-order chi connectivity index (χ1) is 12.7. The van der Waals surface area contributed by atoms with E-state index in [0.29, 0.717) is 12.1 Å². The monoisotopic (exact) mass is 358 g/mol. The van der Waals surface area contributed by atoms with E-state index in [1.165, 1.54) is 0 Å². The molecule has 26 heavy (non-hydrogen) atoms. The van der Waals surface area contributed by atoms with Crippen molar-refractivity contribution in [2.24, 2.45) is 0 Å². The third-order valence-electron chi connectivity index (χ3n) is 4.28. The highest BCUT2D eigenvalue weighted by molar-refractivity contribution is 7.13. The minimum Gasteiger partial charge on any atom is -0.348 e. The predicted molar refractivity (Wildman–Crippen MR) is 107 cm³/mol. The molecule has 0 fully saturated rings. The average Bonchev–Trinajstić information content (AvgIpc) is 3.21. The standard InChI is InChI=1S/C22H18N2OS/c1-15-9-10-19-17(12-15)18(13-20(24-19)21-8-5-11-26-21)22(25)23-14-16-6-3-2-4-7-16/h2-13H,14H2,1H3,(H,23,25). The van der Waals surface area contributed by atoms with Crippen molar-refractivity contribution in [3.05, 3.63) is 88.8 Å². The molecular formula is C22H18N2OS. The highest BCUT2D eigenvalue weighted by Gasteiger charge is 2.14. The molecule has 4 aromatic rings. The molecule has 0 saturated heterocycles. The highest BCUT2D eigenvalue weighted by Crippen LogP contribution is 2.28. The van der Waals surface area contributed by atoms with Crippen LogP contribution in [-0.4, -0.2) is 10.9 Å². The zero-order valence-corrected chi connectivity index (χ0v) is 15.2. The van der Waals surface area contributed by atoms with Crippen molar-refractivity contribution in [2.45, 2.75) is 13.5 Å². The number of rotatable bonds is 4. The summed E-state index contributed by atoms with van der Waals surface area (Å²) in [4.78, 5) is 18.7. The van der Waals surface area contributed by atoms with Crippen LogP contribution in [0.15, 0.2) is 72.1 Å². The number of hydrogen-bond acceptors (Lipinski definition) is 3. The van der Waals surface area contributed by atoms with Gasteiger partial charge in [-0.3, -0.25) is 4.79 Å². The molecule has 4 rings (SSSR count). The number of amides is 1. The minimum atomic E-state index is -0.0790. The summed E-state index contributed by atoms with van der Waals surface area (Å²) in [5, 5.41) is 5.94. The van der Waals surface area contributed by atoms with E-state index in [-0.39, 0.29) is 5.91 Å². The second kappa shape index (κ2) is 7.10. The molecule has 1 N–H and O–H groups in total. The molecule has 0 atom stereocenters. The van der Waals surface area contributed by atoms with Crippen molar-refractivity contribution in [3.63, 3.8) is 0 Å². The van der Waals surface area contributed by atoms with Crippen molar-refractivity contribution in [1.82, 2.24) is 10.3 Å². The molecule has 0 aliphatic rings. The van der Waals surface area contributed by atoms with Gasteiger partial charge in [0, 0.05) is 11.9 Å². The SMILES string of the molecule is Cc1ccc2nc(-c3cccs3)cc(C(=O)NCc3ccccc3)c2c1. The van der Waals surface area contributed by atoms with Gasteiger partial charge in [-0.15, -0.1) is 11.3 Å². The van der Waals surface area contributed by atoms with Gasteiger partial charge >= 0.3 is 0 Å². The summed E-state index contributed by atoms with van der Waals surface area (Å²) >= 11 is 1.62. The Labute approximate surface area is 156 Å². The Morgan fingerprint density at radius 2 is 1.88 bits per heavy atom. The lowest BCUT2D eigenvalue weighted by atomic mass is 10.0. The van der Waals surface area contributed by atoms with Crippen molar-refractivity contribution in [3.8, 4) is 10.6 Å². The quantitative estimate of drug-likeness (QED) is 0.545. The fourth-order valence-electron chi connectivity index (χ4n) is 2.95. The van der Waals surface area contributed by atoms with E-state index in [9.17, 15) is 4.79 Å². The normalized spacial score (nSPS) is 10.8. The number of benzene rings is 2. The molecule has 4 heteroatoms. The summed E-state index contributed by atoms with van der Waals surface area (Å²) < 4.78 is 0. The predicted octanol–water partition coefficient (Wildman–Crippen LogP) is 5.20. The first-order valence-electron chi connectivity index (χ1n) is 8.48. The van der Waals surface area contributed by atoms with E-state index < -0.39 is 0 Å². The molecule has 128 valence electrons. The van der Waals surface area contributed by atoms with Gasteiger partial charge in [0.05, 0.1) is 21.7 Å². The van der Waals surface area contributed by atoms with Gasteiger partial charge in [0.1, 0.15) is 0 Å². The Morgan fingerprint density at radius 1 is 1.04 bits per heavy atom. The molecule has 2 aromatic heterocycles. The summed E-state index contributed by atoms with van der Waals surface area (Å²) in [5.74, 6) is -0.0790. The van der Waals surface area contributed by atoms with Gasteiger partial charge < -0.3 is 5.32 Å². The maximum atomic E-state index is 12.9. The minimum absolute atomic E-state index is 0.0790. The van der Waals surface area contributed by atoms with Gasteiger partial charge in [-0.25, -0.2) is 4.98 Å². The summed E-state index contributed by atoms with van der Waals surface area (Å²) in [7, 11) is 0. The third kappa shape index (κ3) is 3.37. The summed E-state index contributed by atoms with van der Waals surface area (Å²) in [6.07, 6.45) is 0. The van der Waals surface area contributed by atoms with Crippen LogP contribution in [0.4, 0.5) is 0 Å². The van der Waals surface area contributed by atoms with E-state index in [2.05, 4.69) is 5.32 Å². The number of pyridine rings is 1. The number of carbonyl (C=O) groups is 1. The van der Waals surface area contributed by atoms with Crippen LogP contribution in [0.25, 0.3) is 21.5 Å². The second-order valence-corrected chi connectivity index (χ2v) is 7.17. The molecule has 0 bridgehead atoms. The second-order valence-electron chi connectivity index (χ2n) is 6.22. The van der Waals surface area contributed by atoms with Crippen molar-refractivity contribution >= 4 is 28.1 Å². The van der Waals surface area contributed by atoms with E-state index >= 15 is 0 Å². The Hall–Kier alpha value is -2.98. The molecule has 0 radical (unpaired) electrons. The maximum absolute atomic E-state index is 12.9. The zero-order chi connectivity index (χ0) is 17.9. The molecular weight excluding hydrogens is 340 g/mol. The van der Waals surface area contributed by atoms with E-state index in [0.717, 1.165) is 32.6 Å². The molecule has 0 spiro atoms. The summed E-state index contributed by atoms with van der Waals surface area (Å²) in [6.45, 7) is 2.53. The number of aromatic nitrogens is 1. The number of thiophene rings is 1. The fraction of sp³-hybridized carbons (Fsp3) is 0.0909. The Balaban J connectivity index is 1.74. The van der Waals surface area contributed by atoms with E-state index in [1.54, 1.807) is 11.3 Å². The topological polar surface area (TPSA) is 42.0 Å². The van der Waals surface area contributed by atoms with Crippen molar-refractivity contribution in [1.29, 1.82) is 0 Å². The van der Waals surface area contributed by atoms with E-state index in [1.807, 2.05) is 79.0 Å². The third-order valence-corrected chi connectivity index (χ3v) is 5.17. The molecule has 3 nitrogen and oxygen atoms in total. The number of aryl methyl sites for hydroxylation is 1. The largest absolute Gasteiger partial charge is 0.348 e. The number of hydrogen-bond donors (Lipinski definition) is 1. The van der Waals surface area contributed by atoms with Crippen LogP contribution < -0.4 is 5.32 Å².